The molecule has 0 saturated carbocycles. The van der Waals surface area contributed by atoms with Crippen molar-refractivity contribution in [2.24, 2.45) is 0 Å². The maximum Gasteiger partial charge on any atom is 0.121 e. The summed E-state index contributed by atoms with van der Waals surface area (Å²) in [5.74, 6) is 0.789. The van der Waals surface area contributed by atoms with Crippen molar-refractivity contribution in [1.82, 2.24) is 5.32 Å². The first-order valence-electron chi connectivity index (χ1n) is 6.43. The number of aliphatic hydroxyl groups is 1. The van der Waals surface area contributed by atoms with Crippen molar-refractivity contribution in [3.63, 3.8) is 0 Å². The molecule has 0 saturated heterocycles. The fraction of sp³-hybridized carbons (Fsp3) is 0.533. The van der Waals surface area contributed by atoms with Gasteiger partial charge in [0.25, 0.3) is 0 Å². The Hall–Kier alpha value is -1.57. The van der Waals surface area contributed by atoms with Gasteiger partial charge in [0.05, 0.1) is 18.8 Å². The molecule has 0 aromatic heterocycles. The molecule has 0 bridgehead atoms. The predicted molar refractivity (Wildman–Crippen MR) is 74.9 cm³/mol. The molecular formula is C15H22N2O2. The quantitative estimate of drug-likeness (QED) is 0.826. The first kappa shape index (κ1) is 15.5. The molecule has 0 aliphatic rings. The van der Waals surface area contributed by atoms with E-state index in [1.54, 1.807) is 0 Å². The predicted octanol–water partition coefficient (Wildman–Crippen LogP) is 2.40. The van der Waals surface area contributed by atoms with Gasteiger partial charge < -0.3 is 9.84 Å². The van der Waals surface area contributed by atoms with E-state index in [0.29, 0.717) is 0 Å². The highest BCUT2D eigenvalue weighted by Gasteiger charge is 2.22. The van der Waals surface area contributed by atoms with E-state index in [9.17, 15) is 10.4 Å². The standard InChI is InChI=1S/C15H22N2O2/c1-11(2)19-13-7-5-12(6-8-13)14(9-16)17-15(3,4)10-18/h5-8,11,14,17-18H,10H2,1-4H3. The van der Waals surface area contributed by atoms with Crippen molar-refractivity contribution in [2.75, 3.05) is 6.61 Å². The Kier molecular flexibility index (Phi) is 5.34. The smallest absolute Gasteiger partial charge is 0.121 e. The molecule has 1 rings (SSSR count). The second-order valence-corrected chi connectivity index (χ2v) is 5.48. The number of hydrogen-bond acceptors (Lipinski definition) is 4. The van der Waals surface area contributed by atoms with Crippen molar-refractivity contribution < 1.29 is 9.84 Å². The highest BCUT2D eigenvalue weighted by Crippen LogP contribution is 2.20. The Labute approximate surface area is 115 Å². The SMILES string of the molecule is CC(C)Oc1ccc(C(C#N)NC(C)(C)CO)cc1. The number of nitriles is 1. The molecule has 19 heavy (non-hydrogen) atoms. The van der Waals surface area contributed by atoms with Gasteiger partial charge in [-0.1, -0.05) is 12.1 Å². The molecule has 4 heteroatoms. The van der Waals surface area contributed by atoms with Gasteiger partial charge in [0.15, 0.2) is 0 Å². The van der Waals surface area contributed by atoms with Gasteiger partial charge in [-0.3, -0.25) is 5.32 Å². The van der Waals surface area contributed by atoms with Crippen LogP contribution in [0.25, 0.3) is 0 Å². The average Bonchev–Trinajstić information content (AvgIpc) is 2.36. The summed E-state index contributed by atoms with van der Waals surface area (Å²) in [5.41, 5.74) is 0.369. The molecular weight excluding hydrogens is 240 g/mol. The zero-order chi connectivity index (χ0) is 14.5. The van der Waals surface area contributed by atoms with E-state index in [1.807, 2.05) is 52.0 Å². The maximum atomic E-state index is 9.24. The fourth-order valence-corrected chi connectivity index (χ4v) is 1.64. The van der Waals surface area contributed by atoms with E-state index in [4.69, 9.17) is 4.74 Å². The number of benzene rings is 1. The van der Waals surface area contributed by atoms with Gasteiger partial charge in [-0.25, -0.2) is 0 Å². The van der Waals surface area contributed by atoms with E-state index in [1.165, 1.54) is 0 Å². The van der Waals surface area contributed by atoms with Crippen molar-refractivity contribution in [3.8, 4) is 11.8 Å². The van der Waals surface area contributed by atoms with Crippen LogP contribution in [-0.2, 0) is 0 Å². The van der Waals surface area contributed by atoms with Crippen LogP contribution in [0.3, 0.4) is 0 Å². The third-order valence-corrected chi connectivity index (χ3v) is 2.64. The first-order chi connectivity index (χ1) is 8.88. The molecule has 104 valence electrons. The Morgan fingerprint density at radius 2 is 1.89 bits per heavy atom. The van der Waals surface area contributed by atoms with Crippen LogP contribution in [0.2, 0.25) is 0 Å². The molecule has 0 amide bonds. The van der Waals surface area contributed by atoms with Crippen molar-refractivity contribution >= 4 is 0 Å². The van der Waals surface area contributed by atoms with Gasteiger partial charge in [-0.2, -0.15) is 5.26 Å². The van der Waals surface area contributed by atoms with E-state index in [2.05, 4.69) is 11.4 Å². The summed E-state index contributed by atoms with van der Waals surface area (Å²) in [5, 5.41) is 21.6. The lowest BCUT2D eigenvalue weighted by Gasteiger charge is -2.27. The van der Waals surface area contributed by atoms with E-state index < -0.39 is 11.6 Å². The molecule has 0 heterocycles. The monoisotopic (exact) mass is 262 g/mol. The molecule has 1 unspecified atom stereocenters. The molecule has 2 N–H and O–H groups in total. The number of hydrogen-bond donors (Lipinski definition) is 2. The Balaban J connectivity index is 2.80. The van der Waals surface area contributed by atoms with E-state index in [-0.39, 0.29) is 12.7 Å². The zero-order valence-corrected chi connectivity index (χ0v) is 12.0. The van der Waals surface area contributed by atoms with Crippen LogP contribution >= 0.6 is 0 Å². The van der Waals surface area contributed by atoms with Gasteiger partial charge in [0.1, 0.15) is 11.8 Å². The summed E-state index contributed by atoms with van der Waals surface area (Å²) >= 11 is 0. The van der Waals surface area contributed by atoms with Gasteiger partial charge in [0.2, 0.25) is 0 Å². The van der Waals surface area contributed by atoms with Crippen LogP contribution in [0.5, 0.6) is 5.75 Å². The summed E-state index contributed by atoms with van der Waals surface area (Å²) in [4.78, 5) is 0. The summed E-state index contributed by atoms with van der Waals surface area (Å²) in [7, 11) is 0. The minimum Gasteiger partial charge on any atom is -0.491 e. The molecule has 1 aromatic rings. The van der Waals surface area contributed by atoms with Crippen molar-refractivity contribution in [3.05, 3.63) is 29.8 Å². The molecule has 1 aromatic carbocycles. The molecule has 0 radical (unpaired) electrons. The summed E-state index contributed by atoms with van der Waals surface area (Å²) in [6.07, 6.45) is 0.129. The summed E-state index contributed by atoms with van der Waals surface area (Å²) in [6, 6.07) is 9.20. The van der Waals surface area contributed by atoms with Gasteiger partial charge >= 0.3 is 0 Å². The van der Waals surface area contributed by atoms with Crippen LogP contribution in [0, 0.1) is 11.3 Å². The van der Waals surface area contributed by atoms with Crippen molar-refractivity contribution in [2.45, 2.75) is 45.4 Å². The summed E-state index contributed by atoms with van der Waals surface area (Å²) < 4.78 is 5.56. The first-order valence-corrected chi connectivity index (χ1v) is 6.43. The van der Waals surface area contributed by atoms with E-state index in [0.717, 1.165) is 11.3 Å². The van der Waals surface area contributed by atoms with Gasteiger partial charge in [0, 0.05) is 5.54 Å². The Morgan fingerprint density at radius 3 is 2.32 bits per heavy atom. The Bertz CT molecular complexity index is 432. The van der Waals surface area contributed by atoms with Crippen LogP contribution < -0.4 is 10.1 Å². The molecule has 0 spiro atoms. The van der Waals surface area contributed by atoms with Crippen LogP contribution in [-0.4, -0.2) is 23.4 Å². The van der Waals surface area contributed by atoms with Gasteiger partial charge in [-0.15, -0.1) is 0 Å². The third kappa shape index (κ3) is 4.90. The zero-order valence-electron chi connectivity index (χ0n) is 12.0. The number of nitrogens with zero attached hydrogens (tertiary/aromatic N) is 1. The van der Waals surface area contributed by atoms with Crippen LogP contribution in [0.1, 0.15) is 39.3 Å². The maximum absolute atomic E-state index is 9.24. The van der Waals surface area contributed by atoms with Gasteiger partial charge in [-0.05, 0) is 45.4 Å². The lowest BCUT2D eigenvalue weighted by Crippen LogP contribution is -2.44. The molecule has 1 atom stereocenters. The lowest BCUT2D eigenvalue weighted by atomic mass is 10.0. The normalized spacial score (nSPS) is 13.1. The molecule has 4 nitrogen and oxygen atoms in total. The van der Waals surface area contributed by atoms with Crippen molar-refractivity contribution in [1.29, 1.82) is 5.26 Å². The minimum atomic E-state index is -0.493. The molecule has 0 aliphatic heterocycles. The number of ether oxygens (including phenoxy) is 1. The average molecular weight is 262 g/mol. The molecule has 0 aliphatic carbocycles. The fourth-order valence-electron chi connectivity index (χ4n) is 1.64. The van der Waals surface area contributed by atoms with E-state index >= 15 is 0 Å². The largest absolute Gasteiger partial charge is 0.491 e. The number of nitrogens with one attached hydrogen (secondary N) is 1. The number of aliphatic hydroxyl groups excluding tert-OH is 1. The lowest BCUT2D eigenvalue weighted by molar-refractivity contribution is 0.182. The van der Waals surface area contributed by atoms with Crippen LogP contribution in [0.4, 0.5) is 0 Å². The highest BCUT2D eigenvalue weighted by molar-refractivity contribution is 5.32. The number of rotatable bonds is 6. The van der Waals surface area contributed by atoms with Crippen LogP contribution in [0.15, 0.2) is 24.3 Å². The minimum absolute atomic E-state index is 0.0281. The Morgan fingerprint density at radius 1 is 1.32 bits per heavy atom. The molecule has 0 fully saturated rings. The topological polar surface area (TPSA) is 65.3 Å². The second-order valence-electron chi connectivity index (χ2n) is 5.48. The highest BCUT2D eigenvalue weighted by atomic mass is 16.5. The third-order valence-electron chi connectivity index (χ3n) is 2.64. The second kappa shape index (κ2) is 6.55. The summed E-state index contributed by atoms with van der Waals surface area (Å²) in [6.45, 7) is 7.62.